The first kappa shape index (κ1) is 25.7. The highest BCUT2D eigenvalue weighted by molar-refractivity contribution is 5.83. The molecule has 6 atom stereocenters. The number of aliphatic hydroxyl groups is 1. The Morgan fingerprint density at radius 3 is 2.50 bits per heavy atom. The van der Waals surface area contributed by atoms with E-state index in [-0.39, 0.29) is 5.91 Å². The molecule has 38 heavy (non-hydrogen) atoms. The fourth-order valence-electron chi connectivity index (χ4n) is 6.84. The third-order valence-electron chi connectivity index (χ3n) is 8.52. The number of nitrogens with zero attached hydrogens (tertiary/aromatic N) is 4. The number of carbonyl (C=O) groups is 1. The lowest BCUT2D eigenvalue weighted by molar-refractivity contribution is -0.137. The number of fused-ring (bicyclic) bond motifs is 3. The number of aliphatic hydroxyl groups excluding tert-OH is 1. The molecule has 2 unspecified atom stereocenters. The Morgan fingerprint density at radius 2 is 1.92 bits per heavy atom. The minimum Gasteiger partial charge on any atom is -0.497 e. The minimum atomic E-state index is -1.63. The second kappa shape index (κ2) is 9.11. The van der Waals surface area contributed by atoms with Crippen LogP contribution in [0.25, 0.3) is 10.4 Å². The van der Waals surface area contributed by atoms with Gasteiger partial charge in [-0.05, 0) is 35.7 Å². The Balaban J connectivity index is 1.90. The van der Waals surface area contributed by atoms with Crippen LogP contribution in [-0.2, 0) is 15.1 Å². The van der Waals surface area contributed by atoms with Gasteiger partial charge in [-0.25, -0.2) is 0 Å². The molecule has 5 rings (SSSR count). The molecule has 0 spiro atoms. The molecule has 3 aliphatic rings. The van der Waals surface area contributed by atoms with Gasteiger partial charge >= 0.3 is 0 Å². The molecule has 1 N–H and O–H groups in total. The van der Waals surface area contributed by atoms with Crippen LogP contribution in [0.4, 0.5) is 0 Å². The van der Waals surface area contributed by atoms with E-state index >= 15 is 0 Å². The van der Waals surface area contributed by atoms with Crippen LogP contribution in [0.3, 0.4) is 0 Å². The molecule has 0 radical (unpaired) electrons. The molecule has 198 valence electrons. The summed E-state index contributed by atoms with van der Waals surface area (Å²) in [7, 11) is 6.49. The lowest BCUT2D eigenvalue weighted by atomic mass is 9.57. The summed E-state index contributed by atoms with van der Waals surface area (Å²) in [6.07, 6.45) is 4.88. The van der Waals surface area contributed by atoms with E-state index in [1.165, 1.54) is 4.90 Å². The Labute approximate surface area is 221 Å². The molecule has 9 heteroatoms. The van der Waals surface area contributed by atoms with E-state index in [0.717, 1.165) is 5.56 Å². The van der Waals surface area contributed by atoms with Crippen molar-refractivity contribution in [1.29, 1.82) is 0 Å². The van der Waals surface area contributed by atoms with Crippen molar-refractivity contribution < 1.29 is 24.1 Å². The third kappa shape index (κ3) is 3.22. The summed E-state index contributed by atoms with van der Waals surface area (Å²) in [6, 6.07) is 14.8. The first-order chi connectivity index (χ1) is 18.2. The van der Waals surface area contributed by atoms with Crippen LogP contribution < -0.4 is 9.47 Å². The van der Waals surface area contributed by atoms with Gasteiger partial charge in [-0.2, -0.15) is 0 Å². The maximum atomic E-state index is 13.9. The van der Waals surface area contributed by atoms with Gasteiger partial charge in [-0.15, -0.1) is 0 Å². The maximum Gasteiger partial charge on any atom is 0.228 e. The van der Waals surface area contributed by atoms with Crippen molar-refractivity contribution in [3.05, 3.63) is 94.1 Å². The van der Waals surface area contributed by atoms with Crippen LogP contribution in [0, 0.1) is 11.3 Å². The minimum absolute atomic E-state index is 0.275. The summed E-state index contributed by atoms with van der Waals surface area (Å²) in [5, 5.41) is 16.7. The number of methoxy groups -OCH3 is 2. The fraction of sp³-hybridized carbons (Fsp3) is 0.414. The average molecular weight is 517 g/mol. The molecule has 1 heterocycles. The maximum absolute atomic E-state index is 13.9. The lowest BCUT2D eigenvalue weighted by Crippen LogP contribution is -2.62. The lowest BCUT2D eigenvalue weighted by Gasteiger charge is -2.52. The number of azide groups is 1. The monoisotopic (exact) mass is 516 g/mol. The fourth-order valence-corrected chi connectivity index (χ4v) is 6.84. The van der Waals surface area contributed by atoms with E-state index in [1.807, 2.05) is 55.5 Å². The second-order valence-corrected chi connectivity index (χ2v) is 10.5. The van der Waals surface area contributed by atoms with E-state index in [9.17, 15) is 15.4 Å². The van der Waals surface area contributed by atoms with Crippen LogP contribution in [0.1, 0.15) is 30.4 Å². The zero-order valence-corrected chi connectivity index (χ0v) is 22.2. The molecule has 1 saturated carbocycles. The first-order valence-corrected chi connectivity index (χ1v) is 12.5. The van der Waals surface area contributed by atoms with Crippen molar-refractivity contribution in [1.82, 2.24) is 4.90 Å². The molecule has 1 fully saturated rings. The predicted molar refractivity (Wildman–Crippen MR) is 142 cm³/mol. The smallest absolute Gasteiger partial charge is 0.228 e. The largest absolute Gasteiger partial charge is 0.497 e. The summed E-state index contributed by atoms with van der Waals surface area (Å²) < 4.78 is 18.0. The molecule has 1 aliphatic heterocycles. The van der Waals surface area contributed by atoms with Crippen molar-refractivity contribution in [2.24, 2.45) is 16.4 Å². The number of benzene rings is 2. The number of amides is 1. The molecule has 2 aromatic carbocycles. The van der Waals surface area contributed by atoms with Gasteiger partial charge < -0.3 is 24.2 Å². The van der Waals surface area contributed by atoms with E-state index in [0.29, 0.717) is 29.2 Å². The van der Waals surface area contributed by atoms with Gasteiger partial charge in [0, 0.05) is 42.0 Å². The van der Waals surface area contributed by atoms with E-state index in [1.54, 1.807) is 46.5 Å². The first-order valence-electron chi connectivity index (χ1n) is 12.5. The van der Waals surface area contributed by atoms with Gasteiger partial charge in [0.2, 0.25) is 5.91 Å². The van der Waals surface area contributed by atoms with Gasteiger partial charge in [0.1, 0.15) is 28.4 Å². The molecular weight excluding hydrogens is 484 g/mol. The van der Waals surface area contributed by atoms with Crippen LogP contribution in [-0.4, -0.2) is 55.9 Å². The number of hydrogen-bond acceptors (Lipinski definition) is 6. The topological polar surface area (TPSA) is 117 Å². The highest BCUT2D eigenvalue weighted by Crippen LogP contribution is 2.72. The summed E-state index contributed by atoms with van der Waals surface area (Å²) in [4.78, 5) is 18.6. The Bertz CT molecular complexity index is 1370. The van der Waals surface area contributed by atoms with E-state index in [4.69, 9.17) is 14.2 Å². The zero-order chi connectivity index (χ0) is 27.3. The van der Waals surface area contributed by atoms with E-state index < -0.39 is 34.5 Å². The molecular formula is C29H32N4O5. The van der Waals surface area contributed by atoms with Crippen LogP contribution in [0.2, 0.25) is 0 Å². The van der Waals surface area contributed by atoms with Gasteiger partial charge in [0.05, 0.1) is 26.2 Å². The summed E-state index contributed by atoms with van der Waals surface area (Å²) in [5.41, 5.74) is 7.48. The second-order valence-electron chi connectivity index (χ2n) is 10.5. The zero-order valence-electron chi connectivity index (χ0n) is 22.2. The van der Waals surface area contributed by atoms with Crippen LogP contribution >= 0.6 is 0 Å². The Kier molecular flexibility index (Phi) is 6.16. The predicted octanol–water partition coefficient (Wildman–Crippen LogP) is 4.69. The van der Waals surface area contributed by atoms with Gasteiger partial charge in [0.25, 0.3) is 0 Å². The van der Waals surface area contributed by atoms with Gasteiger partial charge in [-0.3, -0.25) is 4.79 Å². The standard InChI is InChI=1S/C29H32N4O5/c1-27(15-13-19(36-4)14-16-27)29-24(18-9-7-6-8-10-18)23(26(35)33(2)3)25(34)28(29,31-32-30)21-12-11-20(37-5)17-22(21)38-29/h6-15,17,23-25,34H,16H2,1-5H3/t23-,24-,25-,27?,28?,29-/m1/s1. The molecule has 9 nitrogen and oxygen atoms in total. The molecule has 2 aromatic rings. The van der Waals surface area contributed by atoms with Crippen molar-refractivity contribution in [2.45, 2.75) is 36.5 Å². The van der Waals surface area contributed by atoms with E-state index in [2.05, 4.69) is 10.0 Å². The average Bonchev–Trinajstić information content (AvgIpc) is 3.34. The quantitative estimate of drug-likeness (QED) is 0.340. The normalized spacial score (nSPS) is 32.8. The van der Waals surface area contributed by atoms with Crippen molar-refractivity contribution in [3.63, 3.8) is 0 Å². The Morgan fingerprint density at radius 1 is 1.18 bits per heavy atom. The Hall–Kier alpha value is -3.94. The number of allylic oxidation sites excluding steroid dienone is 2. The number of rotatable bonds is 6. The van der Waals surface area contributed by atoms with Crippen molar-refractivity contribution in [3.8, 4) is 11.5 Å². The SMILES string of the molecule is COC1=CCC(C)([C@@]23Oc4cc(OC)ccc4C2(N=[N+]=[N-])[C@H](O)[C@H](C(=O)N(C)C)[C@H]3c2ccccc2)C=C1. The highest BCUT2D eigenvalue weighted by Gasteiger charge is 2.81. The van der Waals surface area contributed by atoms with Crippen molar-refractivity contribution >= 4 is 5.91 Å². The third-order valence-corrected chi connectivity index (χ3v) is 8.52. The molecule has 0 aromatic heterocycles. The summed E-state index contributed by atoms with van der Waals surface area (Å²) in [5.74, 6) is -0.198. The van der Waals surface area contributed by atoms with Crippen LogP contribution in [0.15, 0.2) is 77.6 Å². The van der Waals surface area contributed by atoms with Gasteiger partial charge in [-0.1, -0.05) is 54.5 Å². The summed E-state index contributed by atoms with van der Waals surface area (Å²) >= 11 is 0. The summed E-state index contributed by atoms with van der Waals surface area (Å²) in [6.45, 7) is 2.02. The molecule has 0 saturated heterocycles. The van der Waals surface area contributed by atoms with Crippen LogP contribution in [0.5, 0.6) is 11.5 Å². The molecule has 1 amide bonds. The number of carbonyl (C=O) groups excluding carboxylic acids is 1. The number of hydrogen-bond donors (Lipinski definition) is 1. The van der Waals surface area contributed by atoms with Gasteiger partial charge in [0.15, 0.2) is 0 Å². The number of ether oxygens (including phenoxy) is 3. The van der Waals surface area contributed by atoms with Crippen molar-refractivity contribution in [2.75, 3.05) is 28.3 Å². The highest BCUT2D eigenvalue weighted by atomic mass is 16.5. The molecule has 2 aliphatic carbocycles. The molecule has 0 bridgehead atoms.